The number of pyridine rings is 1. The Balaban J connectivity index is 2.17. The summed E-state index contributed by atoms with van der Waals surface area (Å²) < 4.78 is 0. The van der Waals surface area contributed by atoms with Crippen LogP contribution in [0.5, 0.6) is 0 Å². The van der Waals surface area contributed by atoms with Crippen molar-refractivity contribution in [1.29, 1.82) is 0 Å². The van der Waals surface area contributed by atoms with Crippen molar-refractivity contribution in [2.24, 2.45) is 0 Å². The lowest BCUT2D eigenvalue weighted by molar-refractivity contribution is 0.216. The van der Waals surface area contributed by atoms with Crippen molar-refractivity contribution in [3.05, 3.63) is 77.6 Å². The molecule has 2 aromatic carbocycles. The van der Waals surface area contributed by atoms with E-state index in [0.717, 1.165) is 21.9 Å². The molecule has 0 fully saturated rings. The molecule has 1 aromatic heterocycles. The molecule has 0 spiro atoms. The zero-order chi connectivity index (χ0) is 13.2. The molecule has 0 bridgehead atoms. The molecular formula is C17H15NO. The van der Waals surface area contributed by atoms with E-state index in [-0.39, 0.29) is 0 Å². The second kappa shape index (κ2) is 4.82. The van der Waals surface area contributed by atoms with E-state index in [4.69, 9.17) is 0 Å². The zero-order valence-electron chi connectivity index (χ0n) is 10.7. The molecule has 94 valence electrons. The molecule has 0 radical (unpaired) electrons. The number of hydrogen-bond acceptors (Lipinski definition) is 2. The number of aliphatic hydroxyl groups excluding tert-OH is 1. The van der Waals surface area contributed by atoms with Gasteiger partial charge in [0, 0.05) is 11.6 Å². The van der Waals surface area contributed by atoms with Crippen molar-refractivity contribution >= 4 is 10.8 Å². The smallest absolute Gasteiger partial charge is 0.122 e. The van der Waals surface area contributed by atoms with Gasteiger partial charge in [-0.15, -0.1) is 0 Å². The third-order valence-corrected chi connectivity index (χ3v) is 3.45. The lowest BCUT2D eigenvalue weighted by atomic mass is 9.98. The van der Waals surface area contributed by atoms with Gasteiger partial charge in [0.05, 0.1) is 5.69 Å². The number of rotatable bonds is 2. The fourth-order valence-electron chi connectivity index (χ4n) is 2.40. The minimum atomic E-state index is -0.688. The molecule has 0 amide bonds. The molecule has 0 unspecified atom stereocenters. The van der Waals surface area contributed by atoms with Crippen LogP contribution in [0.1, 0.15) is 22.9 Å². The van der Waals surface area contributed by atoms with Crippen molar-refractivity contribution in [1.82, 2.24) is 4.98 Å². The molecular weight excluding hydrogens is 234 g/mol. The Bertz CT molecular complexity index is 716. The number of aryl methyl sites for hydroxylation is 1. The molecule has 3 aromatic rings. The van der Waals surface area contributed by atoms with Gasteiger partial charge in [-0.3, -0.25) is 4.98 Å². The Morgan fingerprint density at radius 1 is 0.947 bits per heavy atom. The predicted octanol–water partition coefficient (Wildman–Crippen LogP) is 3.62. The number of benzene rings is 2. The Hall–Kier alpha value is -2.19. The maximum Gasteiger partial charge on any atom is 0.122 e. The molecule has 0 aliphatic carbocycles. The lowest BCUT2D eigenvalue weighted by Gasteiger charge is -2.15. The number of fused-ring (bicyclic) bond motifs is 1. The monoisotopic (exact) mass is 249 g/mol. The highest BCUT2D eigenvalue weighted by atomic mass is 16.3. The molecule has 1 atom stereocenters. The molecule has 2 heteroatoms. The number of hydrogen-bond donors (Lipinski definition) is 1. The van der Waals surface area contributed by atoms with Crippen LogP contribution >= 0.6 is 0 Å². The van der Waals surface area contributed by atoms with Crippen molar-refractivity contribution in [2.75, 3.05) is 0 Å². The quantitative estimate of drug-likeness (QED) is 0.752. The van der Waals surface area contributed by atoms with Gasteiger partial charge in [-0.25, -0.2) is 0 Å². The molecule has 1 heterocycles. The first kappa shape index (κ1) is 11.9. The van der Waals surface area contributed by atoms with Crippen molar-refractivity contribution in [3.63, 3.8) is 0 Å². The minimum Gasteiger partial charge on any atom is -0.382 e. The molecule has 3 rings (SSSR count). The number of nitrogens with zero attached hydrogens (tertiary/aromatic N) is 1. The van der Waals surface area contributed by atoms with E-state index in [2.05, 4.69) is 4.98 Å². The summed E-state index contributed by atoms with van der Waals surface area (Å²) in [6.45, 7) is 2.00. The Morgan fingerprint density at radius 3 is 2.53 bits per heavy atom. The standard InChI is InChI=1S/C17H15NO/c1-12-6-2-4-8-14(12)17(19)16-15-9-5-3-7-13(15)10-11-18-16/h2-11,17,19H,1H3/t17-/m1/s1. The van der Waals surface area contributed by atoms with Gasteiger partial charge in [0.1, 0.15) is 6.10 Å². The third-order valence-electron chi connectivity index (χ3n) is 3.45. The first-order chi connectivity index (χ1) is 9.27. The zero-order valence-corrected chi connectivity index (χ0v) is 10.7. The molecule has 2 nitrogen and oxygen atoms in total. The lowest BCUT2D eigenvalue weighted by Crippen LogP contribution is -2.04. The Morgan fingerprint density at radius 2 is 1.68 bits per heavy atom. The van der Waals surface area contributed by atoms with Crippen molar-refractivity contribution in [3.8, 4) is 0 Å². The summed E-state index contributed by atoms with van der Waals surface area (Å²) in [5.74, 6) is 0. The van der Waals surface area contributed by atoms with Crippen LogP contribution in [0.4, 0.5) is 0 Å². The van der Waals surface area contributed by atoms with Crippen molar-refractivity contribution in [2.45, 2.75) is 13.0 Å². The van der Waals surface area contributed by atoms with Crippen LogP contribution in [0, 0.1) is 6.92 Å². The number of aliphatic hydroxyl groups is 1. The second-order valence-electron chi connectivity index (χ2n) is 4.68. The molecule has 0 aliphatic heterocycles. The van der Waals surface area contributed by atoms with Gasteiger partial charge in [0.25, 0.3) is 0 Å². The maximum atomic E-state index is 10.6. The first-order valence-corrected chi connectivity index (χ1v) is 6.34. The topological polar surface area (TPSA) is 33.1 Å². The van der Waals surface area contributed by atoms with Crippen LogP contribution in [0.25, 0.3) is 10.8 Å². The summed E-state index contributed by atoms with van der Waals surface area (Å²) >= 11 is 0. The van der Waals surface area contributed by atoms with Crippen LogP contribution in [-0.4, -0.2) is 10.1 Å². The normalized spacial score (nSPS) is 12.5. The second-order valence-corrected chi connectivity index (χ2v) is 4.68. The van der Waals surface area contributed by atoms with E-state index >= 15 is 0 Å². The maximum absolute atomic E-state index is 10.6. The predicted molar refractivity (Wildman–Crippen MR) is 77.0 cm³/mol. The van der Waals surface area contributed by atoms with E-state index in [1.807, 2.05) is 61.5 Å². The molecule has 0 saturated heterocycles. The first-order valence-electron chi connectivity index (χ1n) is 6.34. The van der Waals surface area contributed by atoms with Gasteiger partial charge in [0.2, 0.25) is 0 Å². The average molecular weight is 249 g/mol. The van der Waals surface area contributed by atoms with Gasteiger partial charge >= 0.3 is 0 Å². The van der Waals surface area contributed by atoms with Crippen LogP contribution in [0.2, 0.25) is 0 Å². The van der Waals surface area contributed by atoms with Crippen LogP contribution in [-0.2, 0) is 0 Å². The fourth-order valence-corrected chi connectivity index (χ4v) is 2.40. The number of aromatic nitrogens is 1. The average Bonchev–Trinajstić information content (AvgIpc) is 2.46. The van der Waals surface area contributed by atoms with Gasteiger partial charge < -0.3 is 5.11 Å². The fraction of sp³-hybridized carbons (Fsp3) is 0.118. The van der Waals surface area contributed by atoms with Crippen LogP contribution in [0.3, 0.4) is 0 Å². The summed E-state index contributed by atoms with van der Waals surface area (Å²) in [5, 5.41) is 12.7. The highest BCUT2D eigenvalue weighted by Crippen LogP contribution is 2.28. The van der Waals surface area contributed by atoms with E-state index < -0.39 is 6.10 Å². The van der Waals surface area contributed by atoms with Crippen LogP contribution in [0.15, 0.2) is 60.8 Å². The van der Waals surface area contributed by atoms with Crippen LogP contribution < -0.4 is 0 Å². The highest BCUT2D eigenvalue weighted by Gasteiger charge is 2.16. The SMILES string of the molecule is Cc1ccccc1[C@@H](O)c1nccc2ccccc12. The minimum absolute atomic E-state index is 0.688. The van der Waals surface area contributed by atoms with E-state index in [0.29, 0.717) is 5.69 Å². The van der Waals surface area contributed by atoms with Gasteiger partial charge in [-0.05, 0) is 29.5 Å². The summed E-state index contributed by atoms with van der Waals surface area (Å²) in [6.07, 6.45) is 1.06. The van der Waals surface area contributed by atoms with E-state index in [9.17, 15) is 5.11 Å². The third kappa shape index (κ3) is 2.11. The highest BCUT2D eigenvalue weighted by molar-refractivity contribution is 5.84. The van der Waals surface area contributed by atoms with Crippen molar-refractivity contribution < 1.29 is 5.11 Å². The van der Waals surface area contributed by atoms with E-state index in [1.54, 1.807) is 6.20 Å². The molecule has 0 saturated carbocycles. The molecule has 1 N–H and O–H groups in total. The van der Waals surface area contributed by atoms with Gasteiger partial charge in [-0.2, -0.15) is 0 Å². The Labute approximate surface area is 112 Å². The molecule has 19 heavy (non-hydrogen) atoms. The van der Waals surface area contributed by atoms with E-state index in [1.165, 1.54) is 0 Å². The summed E-state index contributed by atoms with van der Waals surface area (Å²) in [5.41, 5.74) is 2.70. The Kier molecular flexibility index (Phi) is 3.02. The van der Waals surface area contributed by atoms with Gasteiger partial charge in [0.15, 0.2) is 0 Å². The summed E-state index contributed by atoms with van der Waals surface area (Å²) in [7, 11) is 0. The largest absolute Gasteiger partial charge is 0.382 e. The molecule has 0 aliphatic rings. The van der Waals surface area contributed by atoms with Gasteiger partial charge in [-0.1, -0.05) is 48.5 Å². The summed E-state index contributed by atoms with van der Waals surface area (Å²) in [6, 6.07) is 17.8. The summed E-state index contributed by atoms with van der Waals surface area (Å²) in [4.78, 5) is 4.37.